The van der Waals surface area contributed by atoms with Crippen molar-refractivity contribution in [3.05, 3.63) is 60.6 Å². The second-order valence-corrected chi connectivity index (χ2v) is 7.44. The number of pyridine rings is 2. The summed E-state index contributed by atoms with van der Waals surface area (Å²) >= 11 is 0. The number of aromatic nitrogens is 3. The van der Waals surface area contributed by atoms with Crippen molar-refractivity contribution >= 4 is 17.1 Å². The van der Waals surface area contributed by atoms with E-state index in [4.69, 9.17) is 5.10 Å². The van der Waals surface area contributed by atoms with E-state index in [1.165, 1.54) is 25.7 Å². The highest BCUT2D eigenvalue weighted by molar-refractivity contribution is 6.13. The van der Waals surface area contributed by atoms with Gasteiger partial charge in [-0.3, -0.25) is 9.78 Å². The van der Waals surface area contributed by atoms with Gasteiger partial charge >= 0.3 is 0 Å². The molecule has 0 radical (unpaired) electrons. The molecule has 0 unspecified atom stereocenters. The van der Waals surface area contributed by atoms with Gasteiger partial charge in [-0.05, 0) is 37.1 Å². The third-order valence-corrected chi connectivity index (χ3v) is 5.09. The molecule has 0 spiro atoms. The van der Waals surface area contributed by atoms with E-state index in [1.807, 2.05) is 53.8 Å². The summed E-state index contributed by atoms with van der Waals surface area (Å²) in [5.74, 6) is 0.865. The summed E-state index contributed by atoms with van der Waals surface area (Å²) in [6.45, 7) is 0. The predicted octanol–water partition coefficient (Wildman–Crippen LogP) is 4.01. The zero-order chi connectivity index (χ0) is 19.5. The van der Waals surface area contributed by atoms with Gasteiger partial charge in [0.2, 0.25) is 0 Å². The topological polar surface area (TPSA) is 62.5 Å². The molecule has 144 valence electrons. The van der Waals surface area contributed by atoms with E-state index < -0.39 is 0 Å². The van der Waals surface area contributed by atoms with Crippen LogP contribution in [-0.4, -0.2) is 45.4 Å². The number of rotatable bonds is 6. The highest BCUT2D eigenvalue weighted by Crippen LogP contribution is 2.30. The first-order chi connectivity index (χ1) is 13.6. The lowest BCUT2D eigenvalue weighted by atomic mass is 10.0. The van der Waals surface area contributed by atoms with Crippen LogP contribution in [-0.2, 0) is 0 Å². The summed E-state index contributed by atoms with van der Waals surface area (Å²) in [4.78, 5) is 19.0. The number of carbonyl (C=O) groups excluding carboxylic acids is 1. The molecular formula is C22H25N5O. The second kappa shape index (κ2) is 7.84. The zero-order valence-corrected chi connectivity index (χ0v) is 16.3. The molecule has 1 N–H and O–H groups in total. The Bertz CT molecular complexity index is 1000. The average molecular weight is 375 g/mol. The van der Waals surface area contributed by atoms with Crippen LogP contribution in [0, 0.1) is 0 Å². The monoisotopic (exact) mass is 375 g/mol. The minimum absolute atomic E-state index is 0.0615. The minimum Gasteiger partial charge on any atom is -0.383 e. The lowest BCUT2D eigenvalue weighted by Gasteiger charge is -2.14. The molecule has 4 rings (SSSR count). The summed E-state index contributed by atoms with van der Waals surface area (Å²) in [5.41, 5.74) is 2.98. The number of ketones is 1. The Balaban J connectivity index is 1.85. The van der Waals surface area contributed by atoms with Gasteiger partial charge in [0.15, 0.2) is 5.78 Å². The van der Waals surface area contributed by atoms with Crippen molar-refractivity contribution in [2.24, 2.45) is 0 Å². The molecule has 3 heterocycles. The molecule has 28 heavy (non-hydrogen) atoms. The number of hydrogen-bond acceptors (Lipinski definition) is 5. The van der Waals surface area contributed by atoms with Gasteiger partial charge in [0.05, 0.1) is 11.1 Å². The van der Waals surface area contributed by atoms with Crippen LogP contribution in [0.1, 0.15) is 36.0 Å². The van der Waals surface area contributed by atoms with Crippen molar-refractivity contribution in [2.45, 2.75) is 31.7 Å². The zero-order valence-electron chi connectivity index (χ0n) is 16.3. The van der Waals surface area contributed by atoms with E-state index in [0.29, 0.717) is 17.3 Å². The van der Waals surface area contributed by atoms with Crippen LogP contribution < -0.4 is 5.32 Å². The molecule has 0 amide bonds. The first kappa shape index (κ1) is 18.2. The lowest BCUT2D eigenvalue weighted by Crippen LogP contribution is -2.17. The van der Waals surface area contributed by atoms with Crippen LogP contribution in [0.5, 0.6) is 0 Å². The first-order valence-corrected chi connectivity index (χ1v) is 9.71. The van der Waals surface area contributed by atoms with Crippen LogP contribution in [0.2, 0.25) is 0 Å². The summed E-state index contributed by atoms with van der Waals surface area (Å²) in [5, 5.41) is 8.45. The van der Waals surface area contributed by atoms with Gasteiger partial charge < -0.3 is 10.2 Å². The number of allylic oxidation sites excluding steroid dienone is 1. The van der Waals surface area contributed by atoms with Crippen LogP contribution in [0.4, 0.5) is 5.82 Å². The molecule has 1 saturated carbocycles. The van der Waals surface area contributed by atoms with Gasteiger partial charge in [-0.25, -0.2) is 4.52 Å². The Morgan fingerprint density at radius 2 is 1.93 bits per heavy atom. The van der Waals surface area contributed by atoms with Crippen molar-refractivity contribution in [1.82, 2.24) is 19.5 Å². The van der Waals surface area contributed by atoms with Gasteiger partial charge in [0.25, 0.3) is 0 Å². The largest absolute Gasteiger partial charge is 0.383 e. The van der Waals surface area contributed by atoms with Crippen LogP contribution in [0.25, 0.3) is 16.8 Å². The summed E-state index contributed by atoms with van der Waals surface area (Å²) < 4.78 is 1.87. The molecular weight excluding hydrogens is 350 g/mol. The first-order valence-electron chi connectivity index (χ1n) is 9.71. The Labute approximate surface area is 164 Å². The van der Waals surface area contributed by atoms with Gasteiger partial charge in [0, 0.05) is 50.4 Å². The molecule has 6 nitrogen and oxygen atoms in total. The van der Waals surface area contributed by atoms with Crippen molar-refractivity contribution < 1.29 is 4.79 Å². The third-order valence-electron chi connectivity index (χ3n) is 5.09. The van der Waals surface area contributed by atoms with Crippen molar-refractivity contribution in [1.29, 1.82) is 0 Å². The third kappa shape index (κ3) is 3.63. The SMILES string of the molecule is CN(C)C=CC(=O)c1c(-c2ccncc2)nn2c(NC3CCCC3)cccc12. The number of carbonyl (C=O) groups is 1. The predicted molar refractivity (Wildman–Crippen MR) is 111 cm³/mol. The molecule has 1 aliphatic carbocycles. The molecule has 3 aromatic rings. The van der Waals surface area contributed by atoms with E-state index in [1.54, 1.807) is 24.7 Å². The van der Waals surface area contributed by atoms with E-state index in [2.05, 4.69) is 10.3 Å². The minimum atomic E-state index is -0.0615. The normalized spacial score (nSPS) is 14.8. The van der Waals surface area contributed by atoms with Crippen LogP contribution in [0.3, 0.4) is 0 Å². The van der Waals surface area contributed by atoms with E-state index >= 15 is 0 Å². The van der Waals surface area contributed by atoms with Crippen molar-refractivity contribution in [3.8, 4) is 11.3 Å². The molecule has 0 bridgehead atoms. The van der Waals surface area contributed by atoms with E-state index in [-0.39, 0.29) is 5.78 Å². The Kier molecular flexibility index (Phi) is 5.10. The Hall–Kier alpha value is -3.15. The second-order valence-electron chi connectivity index (χ2n) is 7.44. The average Bonchev–Trinajstić information content (AvgIpc) is 3.35. The summed E-state index contributed by atoms with van der Waals surface area (Å²) in [6, 6.07) is 10.2. The smallest absolute Gasteiger partial charge is 0.191 e. The Morgan fingerprint density at radius 3 is 2.64 bits per heavy atom. The fraction of sp³-hybridized carbons (Fsp3) is 0.318. The number of anilines is 1. The quantitative estimate of drug-likeness (QED) is 0.521. The van der Waals surface area contributed by atoms with Crippen molar-refractivity contribution in [2.75, 3.05) is 19.4 Å². The molecule has 0 aliphatic heterocycles. The van der Waals surface area contributed by atoms with Gasteiger partial charge in [-0.1, -0.05) is 18.9 Å². The number of fused-ring (bicyclic) bond motifs is 1. The van der Waals surface area contributed by atoms with Gasteiger partial charge in [-0.15, -0.1) is 0 Å². The molecule has 0 aromatic carbocycles. The molecule has 0 atom stereocenters. The van der Waals surface area contributed by atoms with E-state index in [0.717, 1.165) is 16.9 Å². The molecule has 0 saturated heterocycles. The van der Waals surface area contributed by atoms with Crippen LogP contribution in [0.15, 0.2) is 55.0 Å². The molecule has 1 fully saturated rings. The lowest BCUT2D eigenvalue weighted by molar-refractivity contribution is 0.104. The fourth-order valence-electron chi connectivity index (χ4n) is 3.71. The highest BCUT2D eigenvalue weighted by atomic mass is 16.1. The highest BCUT2D eigenvalue weighted by Gasteiger charge is 2.22. The summed E-state index contributed by atoms with van der Waals surface area (Å²) in [6.07, 6.45) is 11.7. The maximum absolute atomic E-state index is 13.1. The van der Waals surface area contributed by atoms with Gasteiger partial charge in [-0.2, -0.15) is 5.10 Å². The number of nitrogens with one attached hydrogen (secondary N) is 1. The standard InChI is InChI=1S/C22H25N5O/c1-26(2)15-12-19(28)21-18-8-5-9-20(24-17-6-3-4-7-17)27(18)25-22(21)16-10-13-23-14-11-16/h5,8-15,17,24H,3-4,6-7H2,1-2H3. The maximum atomic E-state index is 13.1. The fourth-order valence-corrected chi connectivity index (χ4v) is 3.71. The van der Waals surface area contributed by atoms with E-state index in [9.17, 15) is 4.79 Å². The summed E-state index contributed by atoms with van der Waals surface area (Å²) in [7, 11) is 3.79. The molecule has 1 aliphatic rings. The van der Waals surface area contributed by atoms with Crippen molar-refractivity contribution in [3.63, 3.8) is 0 Å². The number of nitrogens with zero attached hydrogens (tertiary/aromatic N) is 4. The maximum Gasteiger partial charge on any atom is 0.191 e. The molecule has 6 heteroatoms. The number of hydrogen-bond donors (Lipinski definition) is 1. The molecule has 3 aromatic heterocycles. The van der Waals surface area contributed by atoms with Gasteiger partial charge in [0.1, 0.15) is 11.5 Å². The Morgan fingerprint density at radius 1 is 1.18 bits per heavy atom. The van der Waals surface area contributed by atoms with Crippen LogP contribution >= 0.6 is 0 Å².